The van der Waals surface area contributed by atoms with E-state index in [2.05, 4.69) is 23.3 Å². The number of carbonyl (C=O) groups excluding carboxylic acids is 2. The number of nitrogens with one attached hydrogen (secondary N) is 2. The summed E-state index contributed by atoms with van der Waals surface area (Å²) < 4.78 is 0. The minimum Gasteiger partial charge on any atom is -0.356 e. The highest BCUT2D eigenvalue weighted by Gasteiger charge is 2.01. The molecule has 0 rings (SSSR count). The number of hydrogen-bond donors (Lipinski definition) is 3. The minimum atomic E-state index is -0.0562. The van der Waals surface area contributed by atoms with Crippen molar-refractivity contribution in [2.24, 2.45) is 0 Å². The summed E-state index contributed by atoms with van der Waals surface area (Å²) >= 11 is 3.92. The first-order valence-electron chi connectivity index (χ1n) is 4.35. The van der Waals surface area contributed by atoms with Crippen molar-refractivity contribution >= 4 is 24.4 Å². The van der Waals surface area contributed by atoms with Crippen molar-refractivity contribution in [3.05, 3.63) is 0 Å². The zero-order chi connectivity index (χ0) is 10.1. The molecule has 0 aromatic heterocycles. The van der Waals surface area contributed by atoms with Crippen LogP contribution in [0, 0.1) is 0 Å². The maximum atomic E-state index is 10.9. The molecule has 5 heteroatoms. The summed E-state index contributed by atoms with van der Waals surface area (Å²) in [6.45, 7) is 2.89. The maximum absolute atomic E-state index is 10.9. The van der Waals surface area contributed by atoms with Gasteiger partial charge in [0, 0.05) is 25.9 Å². The molecule has 0 unspecified atom stereocenters. The van der Waals surface area contributed by atoms with E-state index in [4.69, 9.17) is 0 Å². The predicted molar refractivity (Wildman–Crippen MR) is 54.8 cm³/mol. The van der Waals surface area contributed by atoms with Crippen molar-refractivity contribution in [1.82, 2.24) is 10.6 Å². The molecule has 13 heavy (non-hydrogen) atoms. The quantitative estimate of drug-likeness (QED) is 0.531. The van der Waals surface area contributed by atoms with Gasteiger partial charge in [0.25, 0.3) is 0 Å². The zero-order valence-corrected chi connectivity index (χ0v) is 8.69. The lowest BCUT2D eigenvalue weighted by molar-refractivity contribution is -0.122. The van der Waals surface area contributed by atoms with Crippen LogP contribution in [0.25, 0.3) is 0 Å². The monoisotopic (exact) mass is 204 g/mol. The van der Waals surface area contributed by atoms with Crippen LogP contribution in [0.2, 0.25) is 0 Å². The van der Waals surface area contributed by atoms with Gasteiger partial charge >= 0.3 is 0 Å². The first-order chi connectivity index (χ1) is 6.20. The Morgan fingerprint density at radius 2 is 1.77 bits per heavy atom. The highest BCUT2D eigenvalue weighted by Crippen LogP contribution is 1.84. The van der Waals surface area contributed by atoms with E-state index >= 15 is 0 Å². The Morgan fingerprint density at radius 3 is 2.31 bits per heavy atom. The maximum Gasteiger partial charge on any atom is 0.221 e. The van der Waals surface area contributed by atoms with Gasteiger partial charge < -0.3 is 10.6 Å². The topological polar surface area (TPSA) is 58.2 Å². The molecule has 0 heterocycles. The lowest BCUT2D eigenvalue weighted by atomic mass is 10.3. The number of rotatable bonds is 6. The summed E-state index contributed by atoms with van der Waals surface area (Å²) in [6, 6.07) is 0. The molecule has 0 bridgehead atoms. The number of carbonyl (C=O) groups is 2. The van der Waals surface area contributed by atoms with Gasteiger partial charge in [0.05, 0.1) is 0 Å². The molecule has 0 aliphatic rings. The Kier molecular flexibility index (Phi) is 7.48. The molecule has 0 aliphatic carbocycles. The van der Waals surface area contributed by atoms with Crippen LogP contribution in [0.4, 0.5) is 0 Å². The molecular formula is C8H16N2O2S. The average molecular weight is 204 g/mol. The Bertz CT molecular complexity index is 156. The van der Waals surface area contributed by atoms with Crippen LogP contribution >= 0.6 is 12.6 Å². The second-order valence-electron chi connectivity index (χ2n) is 2.53. The summed E-state index contributed by atoms with van der Waals surface area (Å²) in [7, 11) is 0. The third kappa shape index (κ3) is 7.64. The Morgan fingerprint density at radius 1 is 1.15 bits per heavy atom. The summed E-state index contributed by atoms with van der Waals surface area (Å²) in [5, 5.41) is 5.27. The molecule has 4 nitrogen and oxygen atoms in total. The molecule has 2 amide bonds. The smallest absolute Gasteiger partial charge is 0.221 e. The Labute approximate surface area is 83.9 Å². The molecule has 0 atom stereocenters. The van der Waals surface area contributed by atoms with Gasteiger partial charge in [0.15, 0.2) is 0 Å². The normalized spacial score (nSPS) is 9.38. The van der Waals surface area contributed by atoms with E-state index in [1.807, 2.05) is 6.92 Å². The lowest BCUT2D eigenvalue weighted by Gasteiger charge is -2.03. The fourth-order valence-electron chi connectivity index (χ4n) is 0.791. The SMILES string of the molecule is CCNC(=O)CCNC(=O)CCS. The third-order valence-corrected chi connectivity index (χ3v) is 1.61. The van der Waals surface area contributed by atoms with Crippen molar-refractivity contribution in [3.8, 4) is 0 Å². The molecule has 0 aromatic carbocycles. The minimum absolute atomic E-state index is 0.0336. The molecule has 2 N–H and O–H groups in total. The van der Waals surface area contributed by atoms with Gasteiger partial charge in [-0.25, -0.2) is 0 Å². The highest BCUT2D eigenvalue weighted by molar-refractivity contribution is 7.80. The van der Waals surface area contributed by atoms with E-state index in [0.29, 0.717) is 31.7 Å². The van der Waals surface area contributed by atoms with Crippen LogP contribution in [0.15, 0.2) is 0 Å². The van der Waals surface area contributed by atoms with Crippen LogP contribution in [0.1, 0.15) is 19.8 Å². The largest absolute Gasteiger partial charge is 0.356 e. The van der Waals surface area contributed by atoms with Crippen LogP contribution in [-0.4, -0.2) is 30.7 Å². The van der Waals surface area contributed by atoms with Crippen LogP contribution < -0.4 is 10.6 Å². The highest BCUT2D eigenvalue weighted by atomic mass is 32.1. The van der Waals surface area contributed by atoms with Crippen LogP contribution in [0.3, 0.4) is 0 Å². The molecular weight excluding hydrogens is 188 g/mol. The van der Waals surface area contributed by atoms with Crippen LogP contribution in [-0.2, 0) is 9.59 Å². The molecule has 0 saturated carbocycles. The Balaban J connectivity index is 3.33. The standard InChI is InChI=1S/C8H16N2O2S/c1-2-9-7(11)3-5-10-8(12)4-6-13/h13H,2-6H2,1H3,(H,9,11)(H,10,12). The second-order valence-corrected chi connectivity index (χ2v) is 2.97. The van der Waals surface area contributed by atoms with Crippen molar-refractivity contribution in [1.29, 1.82) is 0 Å². The molecule has 0 saturated heterocycles. The van der Waals surface area contributed by atoms with Gasteiger partial charge in [-0.2, -0.15) is 12.6 Å². The molecule has 0 aromatic rings. The molecule has 0 aliphatic heterocycles. The van der Waals surface area contributed by atoms with Gasteiger partial charge in [-0.15, -0.1) is 0 Å². The van der Waals surface area contributed by atoms with E-state index in [0.717, 1.165) is 0 Å². The molecule has 0 radical (unpaired) electrons. The van der Waals surface area contributed by atoms with E-state index in [9.17, 15) is 9.59 Å². The molecule has 76 valence electrons. The van der Waals surface area contributed by atoms with Gasteiger partial charge in [-0.05, 0) is 12.7 Å². The van der Waals surface area contributed by atoms with Crippen molar-refractivity contribution < 1.29 is 9.59 Å². The summed E-state index contributed by atoms with van der Waals surface area (Å²) in [5.74, 6) is 0.445. The van der Waals surface area contributed by atoms with Gasteiger partial charge in [0.1, 0.15) is 0 Å². The number of thiol groups is 1. The van der Waals surface area contributed by atoms with Crippen LogP contribution in [0.5, 0.6) is 0 Å². The fraction of sp³-hybridized carbons (Fsp3) is 0.750. The van der Waals surface area contributed by atoms with Crippen molar-refractivity contribution in [3.63, 3.8) is 0 Å². The summed E-state index contributed by atoms with van der Waals surface area (Å²) in [5.41, 5.74) is 0. The second kappa shape index (κ2) is 7.91. The first kappa shape index (κ1) is 12.3. The number of hydrogen-bond acceptors (Lipinski definition) is 3. The third-order valence-electron chi connectivity index (χ3n) is 1.39. The first-order valence-corrected chi connectivity index (χ1v) is 4.98. The van der Waals surface area contributed by atoms with Gasteiger partial charge in [-0.3, -0.25) is 9.59 Å². The molecule has 0 spiro atoms. The predicted octanol–water partition coefficient (Wildman–Crippen LogP) is -0.0513. The van der Waals surface area contributed by atoms with E-state index in [1.54, 1.807) is 0 Å². The lowest BCUT2D eigenvalue weighted by Crippen LogP contribution is -2.30. The average Bonchev–Trinajstić information content (AvgIpc) is 2.05. The fourth-order valence-corrected chi connectivity index (χ4v) is 0.994. The number of amides is 2. The Hall–Kier alpha value is -0.710. The van der Waals surface area contributed by atoms with Crippen molar-refractivity contribution in [2.75, 3.05) is 18.8 Å². The van der Waals surface area contributed by atoms with E-state index < -0.39 is 0 Å². The van der Waals surface area contributed by atoms with E-state index in [1.165, 1.54) is 0 Å². The zero-order valence-electron chi connectivity index (χ0n) is 7.80. The molecule has 0 fully saturated rings. The van der Waals surface area contributed by atoms with E-state index in [-0.39, 0.29) is 11.8 Å². The summed E-state index contributed by atoms with van der Waals surface area (Å²) in [4.78, 5) is 21.8. The summed E-state index contributed by atoms with van der Waals surface area (Å²) in [6.07, 6.45) is 0.741. The van der Waals surface area contributed by atoms with Gasteiger partial charge in [0.2, 0.25) is 11.8 Å². The van der Waals surface area contributed by atoms with Gasteiger partial charge in [-0.1, -0.05) is 0 Å². The van der Waals surface area contributed by atoms with Crippen molar-refractivity contribution in [2.45, 2.75) is 19.8 Å².